The lowest BCUT2D eigenvalue weighted by Gasteiger charge is -2.29. The molecule has 23 heavy (non-hydrogen) atoms. The van der Waals surface area contributed by atoms with Gasteiger partial charge in [0.1, 0.15) is 0 Å². The van der Waals surface area contributed by atoms with Crippen LogP contribution in [-0.4, -0.2) is 21.9 Å². The first-order chi connectivity index (χ1) is 11.0. The van der Waals surface area contributed by atoms with E-state index in [0.717, 1.165) is 17.5 Å². The minimum Gasteiger partial charge on any atom is -0.478 e. The molecule has 1 unspecified atom stereocenters. The van der Waals surface area contributed by atoms with Gasteiger partial charge < -0.3 is 10.2 Å². The van der Waals surface area contributed by atoms with Crippen LogP contribution in [0, 0.1) is 0 Å². The zero-order chi connectivity index (χ0) is 16.7. The van der Waals surface area contributed by atoms with Crippen molar-refractivity contribution in [3.63, 3.8) is 0 Å². The number of nitrogens with one attached hydrogen (secondary N) is 1. The third-order valence-electron chi connectivity index (χ3n) is 3.96. The molecule has 0 heterocycles. The molecule has 4 heteroatoms. The number of hydrogen-bond acceptors (Lipinski definition) is 3. The van der Waals surface area contributed by atoms with Crippen LogP contribution in [0.5, 0.6) is 0 Å². The molecule has 0 aliphatic heterocycles. The standard InChI is InChI=1S/C19H23NO3/c1-15(17-12-6-3-7-13-17)20-19(23,18(21)22)14-8-11-16-9-4-2-5-10-16/h2-7,9-10,12-13,15,20,23H,8,11,14H2,1H3,(H,21,22)/t15?,19-/m0/s1. The molecule has 2 aromatic carbocycles. The van der Waals surface area contributed by atoms with E-state index in [-0.39, 0.29) is 12.5 Å². The first-order valence-electron chi connectivity index (χ1n) is 7.83. The van der Waals surface area contributed by atoms with Gasteiger partial charge in [0.15, 0.2) is 0 Å². The van der Waals surface area contributed by atoms with E-state index in [1.807, 2.05) is 67.6 Å². The minimum atomic E-state index is -1.93. The smallest absolute Gasteiger partial charge is 0.351 e. The molecule has 0 radical (unpaired) electrons. The van der Waals surface area contributed by atoms with Crippen molar-refractivity contribution in [2.24, 2.45) is 0 Å². The molecule has 0 aromatic heterocycles. The summed E-state index contributed by atoms with van der Waals surface area (Å²) in [6.07, 6.45) is 1.47. The van der Waals surface area contributed by atoms with Crippen LogP contribution in [0.2, 0.25) is 0 Å². The number of hydrogen-bond donors (Lipinski definition) is 3. The van der Waals surface area contributed by atoms with E-state index >= 15 is 0 Å². The fraction of sp³-hybridized carbons (Fsp3) is 0.316. The minimum absolute atomic E-state index is 0.147. The molecule has 122 valence electrons. The Morgan fingerprint density at radius 1 is 1.09 bits per heavy atom. The quantitative estimate of drug-likeness (QED) is 0.655. The number of rotatable bonds is 8. The van der Waals surface area contributed by atoms with E-state index in [1.165, 1.54) is 0 Å². The summed E-state index contributed by atoms with van der Waals surface area (Å²) in [7, 11) is 0. The van der Waals surface area contributed by atoms with Crippen LogP contribution in [0.25, 0.3) is 0 Å². The van der Waals surface area contributed by atoms with Gasteiger partial charge in [-0.25, -0.2) is 4.79 Å². The maximum absolute atomic E-state index is 11.5. The second kappa shape index (κ2) is 7.90. The number of aliphatic hydroxyl groups is 1. The summed E-state index contributed by atoms with van der Waals surface area (Å²) < 4.78 is 0. The third-order valence-corrected chi connectivity index (χ3v) is 3.96. The third kappa shape index (κ3) is 4.91. The number of carboxylic acids is 1. The predicted octanol–water partition coefficient (Wildman–Crippen LogP) is 3.13. The highest BCUT2D eigenvalue weighted by atomic mass is 16.4. The number of aryl methyl sites for hydroxylation is 1. The van der Waals surface area contributed by atoms with Crippen molar-refractivity contribution in [2.45, 2.75) is 38.0 Å². The average molecular weight is 313 g/mol. The topological polar surface area (TPSA) is 69.6 Å². The highest BCUT2D eigenvalue weighted by Gasteiger charge is 2.36. The molecule has 0 fully saturated rings. The first-order valence-corrected chi connectivity index (χ1v) is 7.83. The van der Waals surface area contributed by atoms with Crippen molar-refractivity contribution in [3.8, 4) is 0 Å². The Morgan fingerprint density at radius 2 is 1.65 bits per heavy atom. The Hall–Kier alpha value is -2.17. The Morgan fingerprint density at radius 3 is 2.22 bits per heavy atom. The second-order valence-electron chi connectivity index (χ2n) is 5.78. The Kier molecular flexibility index (Phi) is 5.90. The van der Waals surface area contributed by atoms with E-state index in [2.05, 4.69) is 5.32 Å². The van der Waals surface area contributed by atoms with Gasteiger partial charge in [-0.05, 0) is 30.9 Å². The van der Waals surface area contributed by atoms with Crippen LogP contribution < -0.4 is 5.32 Å². The molecule has 0 saturated heterocycles. The van der Waals surface area contributed by atoms with E-state index < -0.39 is 11.7 Å². The Balaban J connectivity index is 1.97. The van der Waals surface area contributed by atoms with Crippen molar-refractivity contribution >= 4 is 5.97 Å². The van der Waals surface area contributed by atoms with E-state index in [1.54, 1.807) is 0 Å². The summed E-state index contributed by atoms with van der Waals surface area (Å²) in [4.78, 5) is 11.5. The molecular weight excluding hydrogens is 290 g/mol. The van der Waals surface area contributed by atoms with Gasteiger partial charge in [-0.15, -0.1) is 0 Å². The van der Waals surface area contributed by atoms with Crippen molar-refractivity contribution < 1.29 is 15.0 Å². The summed E-state index contributed by atoms with van der Waals surface area (Å²) >= 11 is 0. The van der Waals surface area contributed by atoms with Crippen LogP contribution in [0.3, 0.4) is 0 Å². The van der Waals surface area contributed by atoms with E-state index in [4.69, 9.17) is 0 Å². The number of carboxylic acid groups (broad SMARTS) is 1. The summed E-state index contributed by atoms with van der Waals surface area (Å²) in [5.41, 5.74) is 0.149. The molecule has 3 N–H and O–H groups in total. The predicted molar refractivity (Wildman–Crippen MR) is 90.0 cm³/mol. The molecule has 4 nitrogen and oxygen atoms in total. The SMILES string of the molecule is CC(N[C@](O)(CCCc1ccccc1)C(=O)O)c1ccccc1. The molecule has 0 saturated carbocycles. The molecule has 2 atom stereocenters. The van der Waals surface area contributed by atoms with Crippen molar-refractivity contribution in [3.05, 3.63) is 71.8 Å². The fourth-order valence-corrected chi connectivity index (χ4v) is 2.62. The van der Waals surface area contributed by atoms with Gasteiger partial charge in [0.05, 0.1) is 0 Å². The molecule has 2 rings (SSSR count). The molecule has 0 bridgehead atoms. The number of benzene rings is 2. The maximum atomic E-state index is 11.5. The van der Waals surface area contributed by atoms with Crippen LogP contribution in [-0.2, 0) is 11.2 Å². The average Bonchev–Trinajstić information content (AvgIpc) is 2.56. The summed E-state index contributed by atoms with van der Waals surface area (Å²) in [6, 6.07) is 19.1. The van der Waals surface area contributed by atoms with Gasteiger partial charge in [-0.1, -0.05) is 60.7 Å². The summed E-state index contributed by atoms with van der Waals surface area (Å²) in [6.45, 7) is 1.85. The molecule has 0 amide bonds. The molecule has 0 aliphatic carbocycles. The summed E-state index contributed by atoms with van der Waals surface area (Å²) in [5, 5.41) is 22.8. The lowest BCUT2D eigenvalue weighted by atomic mass is 10.00. The van der Waals surface area contributed by atoms with E-state index in [9.17, 15) is 15.0 Å². The van der Waals surface area contributed by atoms with Gasteiger partial charge in [-0.2, -0.15) is 0 Å². The van der Waals surface area contributed by atoms with Gasteiger partial charge >= 0.3 is 5.97 Å². The van der Waals surface area contributed by atoms with Gasteiger partial charge in [-0.3, -0.25) is 5.32 Å². The maximum Gasteiger partial charge on any atom is 0.351 e. The zero-order valence-electron chi connectivity index (χ0n) is 13.3. The fourth-order valence-electron chi connectivity index (χ4n) is 2.62. The van der Waals surface area contributed by atoms with Crippen LogP contribution in [0.15, 0.2) is 60.7 Å². The second-order valence-corrected chi connectivity index (χ2v) is 5.78. The van der Waals surface area contributed by atoms with Crippen molar-refractivity contribution in [1.29, 1.82) is 0 Å². The zero-order valence-corrected chi connectivity index (χ0v) is 13.3. The van der Waals surface area contributed by atoms with Crippen LogP contribution in [0.4, 0.5) is 0 Å². The van der Waals surface area contributed by atoms with E-state index in [0.29, 0.717) is 6.42 Å². The lowest BCUT2D eigenvalue weighted by molar-refractivity contribution is -0.164. The number of carbonyl (C=O) groups is 1. The van der Waals surface area contributed by atoms with Gasteiger partial charge in [0.25, 0.3) is 0 Å². The summed E-state index contributed by atoms with van der Waals surface area (Å²) in [5.74, 6) is -1.24. The lowest BCUT2D eigenvalue weighted by Crippen LogP contribution is -2.53. The Labute approximate surface area is 136 Å². The largest absolute Gasteiger partial charge is 0.478 e. The van der Waals surface area contributed by atoms with Crippen LogP contribution in [0.1, 0.15) is 36.9 Å². The highest BCUT2D eigenvalue weighted by Crippen LogP contribution is 2.20. The first kappa shape index (κ1) is 17.2. The van der Waals surface area contributed by atoms with Crippen molar-refractivity contribution in [1.82, 2.24) is 5.32 Å². The van der Waals surface area contributed by atoms with Gasteiger partial charge in [0.2, 0.25) is 5.72 Å². The van der Waals surface area contributed by atoms with Gasteiger partial charge in [0, 0.05) is 12.5 Å². The molecular formula is C19H23NO3. The highest BCUT2D eigenvalue weighted by molar-refractivity contribution is 5.76. The Bertz CT molecular complexity index is 615. The molecule has 2 aromatic rings. The molecule has 0 aliphatic rings. The monoisotopic (exact) mass is 313 g/mol. The van der Waals surface area contributed by atoms with Crippen LogP contribution >= 0.6 is 0 Å². The van der Waals surface area contributed by atoms with Crippen molar-refractivity contribution in [2.75, 3.05) is 0 Å². The molecule has 0 spiro atoms. The normalized spacial score (nSPS) is 14.9. The number of aliphatic carboxylic acids is 1.